The SMILES string of the molecule is CCN(CC)C[C@H](C)NC(=O)Nc1cc(C(F)(F)F)c[nH]c1=O. The van der Waals surface area contributed by atoms with Gasteiger partial charge in [0.05, 0.1) is 5.56 Å². The molecule has 0 aliphatic heterocycles. The summed E-state index contributed by atoms with van der Waals surface area (Å²) in [7, 11) is 0. The molecule has 3 N–H and O–H groups in total. The monoisotopic (exact) mass is 334 g/mol. The van der Waals surface area contributed by atoms with E-state index < -0.39 is 29.0 Å². The summed E-state index contributed by atoms with van der Waals surface area (Å²) < 4.78 is 37.8. The molecule has 23 heavy (non-hydrogen) atoms. The average molecular weight is 334 g/mol. The van der Waals surface area contributed by atoms with E-state index >= 15 is 0 Å². The molecule has 1 rings (SSSR count). The van der Waals surface area contributed by atoms with E-state index in [1.807, 2.05) is 18.8 Å². The molecule has 2 amide bonds. The van der Waals surface area contributed by atoms with E-state index in [1.165, 1.54) is 0 Å². The Morgan fingerprint density at radius 3 is 2.48 bits per heavy atom. The third-order valence-corrected chi connectivity index (χ3v) is 3.28. The molecular formula is C14H21F3N4O2. The Balaban J connectivity index is 2.72. The van der Waals surface area contributed by atoms with Crippen LogP contribution in [0.2, 0.25) is 0 Å². The van der Waals surface area contributed by atoms with Gasteiger partial charge in [0.25, 0.3) is 5.56 Å². The fourth-order valence-corrected chi connectivity index (χ4v) is 2.04. The number of aromatic amines is 1. The molecule has 0 aromatic carbocycles. The van der Waals surface area contributed by atoms with Crippen LogP contribution in [0.25, 0.3) is 0 Å². The molecular weight excluding hydrogens is 313 g/mol. The predicted molar refractivity (Wildman–Crippen MR) is 81.5 cm³/mol. The molecule has 1 aromatic rings. The van der Waals surface area contributed by atoms with Gasteiger partial charge >= 0.3 is 12.2 Å². The quantitative estimate of drug-likeness (QED) is 0.747. The molecule has 0 radical (unpaired) electrons. The molecule has 0 saturated carbocycles. The van der Waals surface area contributed by atoms with Crippen LogP contribution in [-0.2, 0) is 6.18 Å². The van der Waals surface area contributed by atoms with Crippen LogP contribution in [0.15, 0.2) is 17.1 Å². The highest BCUT2D eigenvalue weighted by Gasteiger charge is 2.31. The summed E-state index contributed by atoms with van der Waals surface area (Å²) in [6, 6.07) is -0.345. The first-order chi connectivity index (χ1) is 10.7. The number of carbonyl (C=O) groups is 1. The number of carbonyl (C=O) groups excluding carboxylic acids is 1. The summed E-state index contributed by atoms with van der Waals surface area (Å²) in [5.41, 5.74) is -2.29. The number of rotatable bonds is 6. The van der Waals surface area contributed by atoms with Crippen LogP contribution in [0.4, 0.5) is 23.7 Å². The topological polar surface area (TPSA) is 77.2 Å². The Bertz CT molecular complexity index is 582. The number of halogens is 3. The molecule has 9 heteroatoms. The van der Waals surface area contributed by atoms with Crippen LogP contribution in [0.3, 0.4) is 0 Å². The number of likely N-dealkylation sites (N-methyl/N-ethyl adjacent to an activating group) is 1. The minimum Gasteiger partial charge on any atom is -0.334 e. The van der Waals surface area contributed by atoms with Gasteiger partial charge in [-0.15, -0.1) is 0 Å². The Kier molecular flexibility index (Phi) is 6.62. The van der Waals surface area contributed by atoms with Crippen molar-refractivity contribution < 1.29 is 18.0 Å². The largest absolute Gasteiger partial charge is 0.417 e. The lowest BCUT2D eigenvalue weighted by molar-refractivity contribution is -0.137. The van der Waals surface area contributed by atoms with Gasteiger partial charge in [-0.3, -0.25) is 4.79 Å². The second-order valence-corrected chi connectivity index (χ2v) is 5.11. The van der Waals surface area contributed by atoms with Crippen molar-refractivity contribution in [3.63, 3.8) is 0 Å². The first kappa shape index (κ1) is 19.0. The summed E-state index contributed by atoms with van der Waals surface area (Å²) in [5.74, 6) is 0. The Hall–Kier alpha value is -2.03. The van der Waals surface area contributed by atoms with Gasteiger partial charge in [-0.25, -0.2) is 4.79 Å². The van der Waals surface area contributed by atoms with Crippen LogP contribution in [0.1, 0.15) is 26.3 Å². The van der Waals surface area contributed by atoms with Crippen molar-refractivity contribution in [1.29, 1.82) is 0 Å². The summed E-state index contributed by atoms with van der Waals surface area (Å²) in [6.45, 7) is 7.97. The van der Waals surface area contributed by atoms with E-state index in [1.54, 1.807) is 6.92 Å². The van der Waals surface area contributed by atoms with Gasteiger partial charge in [-0.05, 0) is 26.1 Å². The average Bonchev–Trinajstić information content (AvgIpc) is 2.45. The fraction of sp³-hybridized carbons (Fsp3) is 0.571. The summed E-state index contributed by atoms with van der Waals surface area (Å²) in [6.07, 6.45) is -4.04. The zero-order chi connectivity index (χ0) is 17.6. The van der Waals surface area contributed by atoms with Crippen LogP contribution < -0.4 is 16.2 Å². The van der Waals surface area contributed by atoms with Gasteiger partial charge < -0.3 is 20.5 Å². The predicted octanol–water partition coefficient (Wildman–Crippen LogP) is 2.25. The van der Waals surface area contributed by atoms with Crippen LogP contribution in [-0.4, -0.2) is 41.6 Å². The van der Waals surface area contributed by atoms with Crippen molar-refractivity contribution in [2.24, 2.45) is 0 Å². The highest BCUT2D eigenvalue weighted by molar-refractivity contribution is 5.89. The van der Waals surface area contributed by atoms with Gasteiger partial charge in [0.15, 0.2) is 0 Å². The first-order valence-electron chi connectivity index (χ1n) is 7.27. The van der Waals surface area contributed by atoms with Crippen molar-refractivity contribution in [1.82, 2.24) is 15.2 Å². The maximum Gasteiger partial charge on any atom is 0.417 e. The molecule has 0 saturated heterocycles. The maximum absolute atomic E-state index is 12.6. The van der Waals surface area contributed by atoms with E-state index in [0.717, 1.165) is 13.1 Å². The number of aromatic nitrogens is 1. The first-order valence-corrected chi connectivity index (χ1v) is 7.27. The second-order valence-electron chi connectivity index (χ2n) is 5.11. The van der Waals surface area contributed by atoms with E-state index in [2.05, 4.69) is 15.5 Å². The van der Waals surface area contributed by atoms with Crippen LogP contribution in [0, 0.1) is 0 Å². The van der Waals surface area contributed by atoms with Gasteiger partial charge in [-0.1, -0.05) is 13.8 Å². The molecule has 0 aliphatic rings. The highest BCUT2D eigenvalue weighted by Crippen LogP contribution is 2.29. The summed E-state index contributed by atoms with van der Waals surface area (Å²) in [4.78, 5) is 27.4. The van der Waals surface area contributed by atoms with E-state index in [9.17, 15) is 22.8 Å². The fourth-order valence-electron chi connectivity index (χ4n) is 2.04. The number of H-pyrrole nitrogens is 1. The number of urea groups is 1. The normalized spacial score (nSPS) is 13.0. The number of anilines is 1. The molecule has 0 bridgehead atoms. The van der Waals surface area contributed by atoms with Crippen molar-refractivity contribution in [3.8, 4) is 0 Å². The number of amides is 2. The molecule has 6 nitrogen and oxygen atoms in total. The molecule has 0 spiro atoms. The molecule has 130 valence electrons. The third kappa shape index (κ3) is 5.93. The molecule has 0 aliphatic carbocycles. The Morgan fingerprint density at radius 1 is 1.35 bits per heavy atom. The van der Waals surface area contributed by atoms with Gasteiger partial charge in [0, 0.05) is 18.8 Å². The number of hydrogen-bond donors (Lipinski definition) is 3. The number of pyridine rings is 1. The van der Waals surface area contributed by atoms with E-state index in [-0.39, 0.29) is 6.04 Å². The smallest absolute Gasteiger partial charge is 0.334 e. The van der Waals surface area contributed by atoms with Gasteiger partial charge in [0.1, 0.15) is 5.69 Å². The summed E-state index contributed by atoms with van der Waals surface area (Å²) >= 11 is 0. The van der Waals surface area contributed by atoms with E-state index in [4.69, 9.17) is 0 Å². The lowest BCUT2D eigenvalue weighted by atomic mass is 10.2. The Labute approximate surface area is 132 Å². The van der Waals surface area contributed by atoms with Crippen molar-refractivity contribution in [3.05, 3.63) is 28.2 Å². The molecule has 1 aromatic heterocycles. The van der Waals surface area contributed by atoms with E-state index in [0.29, 0.717) is 18.8 Å². The molecule has 1 heterocycles. The third-order valence-electron chi connectivity index (χ3n) is 3.28. The van der Waals surface area contributed by atoms with Crippen LogP contribution >= 0.6 is 0 Å². The maximum atomic E-state index is 12.6. The molecule has 0 unspecified atom stereocenters. The van der Waals surface area contributed by atoms with Crippen LogP contribution in [0.5, 0.6) is 0 Å². The standard InChI is InChI=1S/C14H21F3N4O2/c1-4-21(5-2)8-9(3)19-13(23)20-11-6-10(14(15,16)17)7-18-12(11)22/h6-7,9H,4-5,8H2,1-3H3,(H,18,22)(H2,19,20,23)/t9-/m0/s1. The number of alkyl halides is 3. The minimum atomic E-state index is -4.60. The van der Waals surface area contributed by atoms with Crippen molar-refractivity contribution >= 4 is 11.7 Å². The molecule has 0 fully saturated rings. The minimum absolute atomic E-state index is 0.222. The molecule has 1 atom stereocenters. The number of nitrogens with one attached hydrogen (secondary N) is 3. The van der Waals surface area contributed by atoms with Gasteiger partial charge in [-0.2, -0.15) is 13.2 Å². The lowest BCUT2D eigenvalue weighted by Gasteiger charge is -2.23. The number of nitrogens with zero attached hydrogens (tertiary/aromatic N) is 1. The van der Waals surface area contributed by atoms with Crippen molar-refractivity contribution in [2.45, 2.75) is 33.0 Å². The Morgan fingerprint density at radius 2 is 1.96 bits per heavy atom. The summed E-state index contributed by atoms with van der Waals surface area (Å²) in [5, 5.41) is 4.74. The zero-order valence-electron chi connectivity index (χ0n) is 13.3. The number of hydrogen-bond acceptors (Lipinski definition) is 3. The van der Waals surface area contributed by atoms with Crippen molar-refractivity contribution in [2.75, 3.05) is 25.0 Å². The second kappa shape index (κ2) is 8.00. The lowest BCUT2D eigenvalue weighted by Crippen LogP contribution is -2.44. The van der Waals surface area contributed by atoms with Gasteiger partial charge in [0.2, 0.25) is 0 Å². The highest BCUT2D eigenvalue weighted by atomic mass is 19.4. The zero-order valence-corrected chi connectivity index (χ0v) is 13.3.